The summed E-state index contributed by atoms with van der Waals surface area (Å²) < 4.78 is 11.9. The standard InChI is InChI=1S/C13H15BrN2O2/c1-8-13(16-12(18-8)5-6-15)10-7-9(14)3-4-11(10)17-2/h3-4,7H,5-6,15H2,1-2H3. The van der Waals surface area contributed by atoms with E-state index in [9.17, 15) is 0 Å². The van der Waals surface area contributed by atoms with E-state index in [1.807, 2.05) is 25.1 Å². The van der Waals surface area contributed by atoms with Crippen molar-refractivity contribution in [3.05, 3.63) is 34.3 Å². The van der Waals surface area contributed by atoms with E-state index >= 15 is 0 Å². The van der Waals surface area contributed by atoms with E-state index in [2.05, 4.69) is 20.9 Å². The third-order valence-corrected chi connectivity index (χ3v) is 3.11. The first-order valence-corrected chi connectivity index (χ1v) is 6.45. The van der Waals surface area contributed by atoms with E-state index in [0.717, 1.165) is 27.2 Å². The van der Waals surface area contributed by atoms with Gasteiger partial charge in [0.05, 0.1) is 7.11 Å². The number of rotatable bonds is 4. The Morgan fingerprint density at radius 2 is 2.22 bits per heavy atom. The first-order valence-electron chi connectivity index (χ1n) is 5.66. The van der Waals surface area contributed by atoms with E-state index in [1.165, 1.54) is 0 Å². The van der Waals surface area contributed by atoms with Gasteiger partial charge < -0.3 is 14.9 Å². The van der Waals surface area contributed by atoms with Crippen LogP contribution in [0.5, 0.6) is 5.75 Å². The number of aryl methyl sites for hydroxylation is 1. The van der Waals surface area contributed by atoms with Crippen molar-refractivity contribution in [2.24, 2.45) is 5.73 Å². The minimum atomic E-state index is 0.523. The molecular weight excluding hydrogens is 296 g/mol. The second-order valence-electron chi connectivity index (χ2n) is 3.90. The van der Waals surface area contributed by atoms with Crippen LogP contribution >= 0.6 is 15.9 Å². The Labute approximate surface area is 114 Å². The predicted octanol–water partition coefficient (Wildman–Crippen LogP) is 2.92. The summed E-state index contributed by atoms with van der Waals surface area (Å²) >= 11 is 3.45. The lowest BCUT2D eigenvalue weighted by Crippen LogP contribution is -2.02. The molecule has 2 N–H and O–H groups in total. The first kappa shape index (κ1) is 13.1. The molecule has 1 heterocycles. The Morgan fingerprint density at radius 3 is 2.89 bits per heavy atom. The highest BCUT2D eigenvalue weighted by atomic mass is 79.9. The van der Waals surface area contributed by atoms with Gasteiger partial charge in [0.1, 0.15) is 17.2 Å². The van der Waals surface area contributed by atoms with E-state index in [4.69, 9.17) is 14.9 Å². The van der Waals surface area contributed by atoms with Crippen molar-refractivity contribution in [1.82, 2.24) is 4.98 Å². The molecule has 18 heavy (non-hydrogen) atoms. The van der Waals surface area contributed by atoms with Gasteiger partial charge in [0.2, 0.25) is 0 Å². The maximum Gasteiger partial charge on any atom is 0.196 e. The summed E-state index contributed by atoms with van der Waals surface area (Å²) in [5.41, 5.74) is 7.22. The molecule has 0 aliphatic heterocycles. The molecule has 1 aromatic heterocycles. The summed E-state index contributed by atoms with van der Waals surface area (Å²) in [7, 11) is 1.64. The van der Waals surface area contributed by atoms with Crippen LogP contribution in [0.15, 0.2) is 27.1 Å². The van der Waals surface area contributed by atoms with Gasteiger partial charge >= 0.3 is 0 Å². The van der Waals surface area contributed by atoms with E-state index in [-0.39, 0.29) is 0 Å². The average Bonchev–Trinajstić information content (AvgIpc) is 2.70. The zero-order chi connectivity index (χ0) is 13.1. The quantitative estimate of drug-likeness (QED) is 0.943. The SMILES string of the molecule is COc1ccc(Br)cc1-c1nc(CCN)oc1C. The van der Waals surface area contributed by atoms with Crippen molar-refractivity contribution in [2.75, 3.05) is 13.7 Å². The highest BCUT2D eigenvalue weighted by Gasteiger charge is 2.15. The Hall–Kier alpha value is -1.33. The van der Waals surface area contributed by atoms with Crippen LogP contribution in [0.4, 0.5) is 0 Å². The normalized spacial score (nSPS) is 10.7. The molecule has 0 spiro atoms. The van der Waals surface area contributed by atoms with Crippen LogP contribution in [0, 0.1) is 6.92 Å². The van der Waals surface area contributed by atoms with Gasteiger partial charge in [-0.3, -0.25) is 0 Å². The number of aromatic nitrogens is 1. The maximum atomic E-state index is 5.59. The molecule has 0 atom stereocenters. The maximum absolute atomic E-state index is 5.59. The molecule has 4 nitrogen and oxygen atoms in total. The van der Waals surface area contributed by atoms with Gasteiger partial charge in [0.25, 0.3) is 0 Å². The minimum Gasteiger partial charge on any atom is -0.496 e. The summed E-state index contributed by atoms with van der Waals surface area (Å²) in [6.45, 7) is 2.41. The van der Waals surface area contributed by atoms with Crippen LogP contribution in [-0.2, 0) is 6.42 Å². The molecule has 0 aliphatic rings. The number of ether oxygens (including phenoxy) is 1. The molecule has 1 aromatic carbocycles. The predicted molar refractivity (Wildman–Crippen MR) is 73.7 cm³/mol. The summed E-state index contributed by atoms with van der Waals surface area (Å²) in [6, 6.07) is 5.80. The molecule has 2 aromatic rings. The van der Waals surface area contributed by atoms with Crippen LogP contribution in [-0.4, -0.2) is 18.6 Å². The minimum absolute atomic E-state index is 0.523. The van der Waals surface area contributed by atoms with Crippen molar-refractivity contribution in [3.8, 4) is 17.0 Å². The van der Waals surface area contributed by atoms with E-state index in [0.29, 0.717) is 18.9 Å². The fraction of sp³-hybridized carbons (Fsp3) is 0.308. The lowest BCUT2D eigenvalue weighted by molar-refractivity contribution is 0.416. The molecule has 0 saturated carbocycles. The monoisotopic (exact) mass is 310 g/mol. The molecule has 0 saturated heterocycles. The van der Waals surface area contributed by atoms with Crippen molar-refractivity contribution >= 4 is 15.9 Å². The number of nitrogens with zero attached hydrogens (tertiary/aromatic N) is 1. The zero-order valence-electron chi connectivity index (χ0n) is 10.4. The number of methoxy groups -OCH3 is 1. The van der Waals surface area contributed by atoms with Crippen LogP contribution in [0.1, 0.15) is 11.7 Å². The molecule has 0 radical (unpaired) electrons. The number of hydrogen-bond donors (Lipinski definition) is 1. The fourth-order valence-electron chi connectivity index (χ4n) is 1.80. The molecule has 0 bridgehead atoms. The van der Waals surface area contributed by atoms with Crippen molar-refractivity contribution in [2.45, 2.75) is 13.3 Å². The number of benzene rings is 1. The lowest BCUT2D eigenvalue weighted by Gasteiger charge is -2.06. The lowest BCUT2D eigenvalue weighted by atomic mass is 10.1. The largest absolute Gasteiger partial charge is 0.496 e. The Bertz CT molecular complexity index is 552. The zero-order valence-corrected chi connectivity index (χ0v) is 12.0. The van der Waals surface area contributed by atoms with Crippen molar-refractivity contribution in [1.29, 1.82) is 0 Å². The number of hydrogen-bond acceptors (Lipinski definition) is 4. The Kier molecular flexibility index (Phi) is 4.04. The highest BCUT2D eigenvalue weighted by Crippen LogP contribution is 2.34. The van der Waals surface area contributed by atoms with Crippen molar-refractivity contribution in [3.63, 3.8) is 0 Å². The molecular formula is C13H15BrN2O2. The molecule has 5 heteroatoms. The van der Waals surface area contributed by atoms with Gasteiger partial charge in [0, 0.05) is 23.0 Å². The van der Waals surface area contributed by atoms with E-state index in [1.54, 1.807) is 7.11 Å². The van der Waals surface area contributed by atoms with Gasteiger partial charge in [-0.2, -0.15) is 0 Å². The molecule has 0 aliphatic carbocycles. The first-order chi connectivity index (χ1) is 8.65. The second kappa shape index (κ2) is 5.54. The summed E-state index contributed by atoms with van der Waals surface area (Å²) in [4.78, 5) is 4.47. The third kappa shape index (κ3) is 2.57. The van der Waals surface area contributed by atoms with Gasteiger partial charge in [-0.1, -0.05) is 15.9 Å². The second-order valence-corrected chi connectivity index (χ2v) is 4.81. The van der Waals surface area contributed by atoms with Gasteiger partial charge in [-0.15, -0.1) is 0 Å². The van der Waals surface area contributed by atoms with Gasteiger partial charge in [-0.05, 0) is 25.1 Å². The molecule has 96 valence electrons. The van der Waals surface area contributed by atoms with Crippen LogP contribution in [0.25, 0.3) is 11.3 Å². The van der Waals surface area contributed by atoms with Gasteiger partial charge in [0.15, 0.2) is 5.89 Å². The fourth-order valence-corrected chi connectivity index (χ4v) is 2.16. The average molecular weight is 311 g/mol. The van der Waals surface area contributed by atoms with Gasteiger partial charge in [-0.25, -0.2) is 4.98 Å². The summed E-state index contributed by atoms with van der Waals surface area (Å²) in [6.07, 6.45) is 0.636. The number of halogens is 1. The Balaban J connectivity index is 2.50. The number of nitrogens with two attached hydrogens (primary N) is 1. The molecule has 0 amide bonds. The summed E-state index contributed by atoms with van der Waals surface area (Å²) in [5.74, 6) is 2.20. The van der Waals surface area contributed by atoms with E-state index < -0.39 is 0 Å². The number of oxazole rings is 1. The molecule has 0 unspecified atom stereocenters. The smallest absolute Gasteiger partial charge is 0.196 e. The van der Waals surface area contributed by atoms with Crippen LogP contribution in [0.3, 0.4) is 0 Å². The van der Waals surface area contributed by atoms with Crippen LogP contribution in [0.2, 0.25) is 0 Å². The molecule has 0 fully saturated rings. The summed E-state index contributed by atoms with van der Waals surface area (Å²) in [5, 5.41) is 0. The Morgan fingerprint density at radius 1 is 1.44 bits per heavy atom. The molecule has 2 rings (SSSR count). The third-order valence-electron chi connectivity index (χ3n) is 2.62. The highest BCUT2D eigenvalue weighted by molar-refractivity contribution is 9.10. The van der Waals surface area contributed by atoms with Crippen LogP contribution < -0.4 is 10.5 Å². The topological polar surface area (TPSA) is 61.3 Å². The van der Waals surface area contributed by atoms with Crippen molar-refractivity contribution < 1.29 is 9.15 Å².